The van der Waals surface area contributed by atoms with E-state index in [0.717, 1.165) is 12.5 Å². The van der Waals surface area contributed by atoms with E-state index in [1.165, 1.54) is 7.11 Å². The maximum absolute atomic E-state index is 13.0. The van der Waals surface area contributed by atoms with E-state index in [0.29, 0.717) is 17.5 Å². The van der Waals surface area contributed by atoms with Gasteiger partial charge >= 0.3 is 6.18 Å². The standard InChI is InChI=1S/C14H15F3N2O2S/c1-8(9-6-4-5-7-10(9)21-3)18-12-19-11(20)13(2,22-12)14(15,16)17/h4-8H,1-3H3,(H,18,19,20)/t8-,13?/m0/s1. The van der Waals surface area contributed by atoms with E-state index in [4.69, 9.17) is 4.74 Å². The lowest BCUT2D eigenvalue weighted by molar-refractivity contribution is -0.165. The smallest absolute Gasteiger partial charge is 0.412 e. The summed E-state index contributed by atoms with van der Waals surface area (Å²) >= 11 is 0.388. The van der Waals surface area contributed by atoms with Gasteiger partial charge in [-0.25, -0.2) is 0 Å². The number of carbonyl (C=O) groups excluding carboxylic acids is 1. The second-order valence-corrected chi connectivity index (χ2v) is 6.37. The Morgan fingerprint density at radius 2 is 2.00 bits per heavy atom. The van der Waals surface area contributed by atoms with Gasteiger partial charge in [-0.05, 0) is 19.9 Å². The van der Waals surface area contributed by atoms with E-state index in [2.05, 4.69) is 10.3 Å². The number of amides is 1. The molecule has 1 N–H and O–H groups in total. The van der Waals surface area contributed by atoms with Gasteiger partial charge in [-0.2, -0.15) is 18.2 Å². The highest BCUT2D eigenvalue weighted by molar-refractivity contribution is 8.16. The number of halogens is 3. The van der Waals surface area contributed by atoms with Crippen LogP contribution in [0.2, 0.25) is 0 Å². The third kappa shape index (κ3) is 2.92. The van der Waals surface area contributed by atoms with Crippen LogP contribution in [0.3, 0.4) is 0 Å². The molecule has 1 aromatic rings. The van der Waals surface area contributed by atoms with E-state index >= 15 is 0 Å². The number of hydrogen-bond acceptors (Lipinski definition) is 4. The third-order valence-electron chi connectivity index (χ3n) is 3.40. The highest BCUT2D eigenvalue weighted by atomic mass is 32.2. The van der Waals surface area contributed by atoms with Crippen molar-refractivity contribution in [2.45, 2.75) is 30.8 Å². The molecule has 0 spiro atoms. The summed E-state index contributed by atoms with van der Waals surface area (Å²) in [6.07, 6.45) is -4.66. The fourth-order valence-corrected chi connectivity index (χ4v) is 2.99. The van der Waals surface area contributed by atoms with E-state index < -0.39 is 16.8 Å². The molecule has 0 fully saturated rings. The first-order valence-corrected chi connectivity index (χ1v) is 7.29. The number of hydrogen-bond donors (Lipinski definition) is 1. The van der Waals surface area contributed by atoms with Crippen molar-refractivity contribution in [1.82, 2.24) is 5.32 Å². The Labute approximate surface area is 130 Å². The monoisotopic (exact) mass is 332 g/mol. The number of methoxy groups -OCH3 is 1. The predicted octanol–water partition coefficient (Wildman–Crippen LogP) is 3.30. The summed E-state index contributed by atoms with van der Waals surface area (Å²) < 4.78 is 41.6. The van der Waals surface area contributed by atoms with Crippen LogP contribution >= 0.6 is 11.8 Å². The summed E-state index contributed by atoms with van der Waals surface area (Å²) in [5, 5.41) is 2.80. The molecule has 0 bridgehead atoms. The molecule has 0 aliphatic carbocycles. The second kappa shape index (κ2) is 5.83. The maximum atomic E-state index is 13.0. The molecule has 1 aromatic carbocycles. The Kier molecular flexibility index (Phi) is 4.42. The minimum Gasteiger partial charge on any atom is -0.496 e. The predicted molar refractivity (Wildman–Crippen MR) is 79.0 cm³/mol. The van der Waals surface area contributed by atoms with Crippen LogP contribution in [0, 0.1) is 0 Å². The lowest BCUT2D eigenvalue weighted by atomic mass is 10.1. The summed E-state index contributed by atoms with van der Waals surface area (Å²) in [5.41, 5.74) is 0.765. The van der Waals surface area contributed by atoms with Gasteiger partial charge in [-0.3, -0.25) is 4.79 Å². The van der Waals surface area contributed by atoms with Gasteiger partial charge < -0.3 is 10.1 Å². The van der Waals surface area contributed by atoms with Crippen LogP contribution in [-0.4, -0.2) is 29.1 Å². The second-order valence-electron chi connectivity index (χ2n) is 4.96. The van der Waals surface area contributed by atoms with Gasteiger partial charge in [0.1, 0.15) is 5.75 Å². The molecule has 0 aromatic heterocycles. The molecule has 120 valence electrons. The van der Waals surface area contributed by atoms with E-state index in [9.17, 15) is 18.0 Å². The molecular weight excluding hydrogens is 317 g/mol. The fourth-order valence-electron chi connectivity index (χ4n) is 1.99. The van der Waals surface area contributed by atoms with Crippen LogP contribution in [0.5, 0.6) is 5.75 Å². The van der Waals surface area contributed by atoms with Crippen molar-refractivity contribution in [3.05, 3.63) is 29.8 Å². The average Bonchev–Trinajstić information content (AvgIpc) is 2.74. The highest BCUT2D eigenvalue weighted by Crippen LogP contribution is 2.46. The Hall–Kier alpha value is -1.70. The quantitative estimate of drug-likeness (QED) is 0.923. The average molecular weight is 332 g/mol. The number of ether oxygens (including phenoxy) is 1. The molecule has 2 rings (SSSR count). The summed E-state index contributed by atoms with van der Waals surface area (Å²) in [6, 6.07) is 6.78. The number of thioether (sulfide) groups is 1. The zero-order valence-electron chi connectivity index (χ0n) is 12.2. The largest absolute Gasteiger partial charge is 0.496 e. The zero-order chi connectivity index (χ0) is 16.5. The van der Waals surface area contributed by atoms with Crippen LogP contribution in [0.15, 0.2) is 29.3 Å². The molecule has 1 aliphatic heterocycles. The molecule has 2 atom stereocenters. The van der Waals surface area contributed by atoms with Crippen LogP contribution in [-0.2, 0) is 4.79 Å². The minimum absolute atomic E-state index is 0.0387. The first-order valence-electron chi connectivity index (χ1n) is 6.47. The van der Waals surface area contributed by atoms with Crippen LogP contribution < -0.4 is 10.1 Å². The number of carbonyl (C=O) groups is 1. The molecule has 8 heteroatoms. The lowest BCUT2D eigenvalue weighted by Crippen LogP contribution is -2.44. The summed E-state index contributed by atoms with van der Waals surface area (Å²) in [6.45, 7) is 2.60. The van der Waals surface area contributed by atoms with Crippen molar-refractivity contribution in [1.29, 1.82) is 0 Å². The molecule has 1 aliphatic rings. The summed E-state index contributed by atoms with van der Waals surface area (Å²) in [7, 11) is 1.51. The zero-order valence-corrected chi connectivity index (χ0v) is 13.0. The number of rotatable bonds is 3. The van der Waals surface area contributed by atoms with Crippen molar-refractivity contribution >= 4 is 22.8 Å². The molecule has 0 saturated carbocycles. The number of aliphatic imine (C=N–C) groups is 1. The minimum atomic E-state index is -4.66. The van der Waals surface area contributed by atoms with Gasteiger partial charge in [0.25, 0.3) is 5.91 Å². The van der Waals surface area contributed by atoms with Gasteiger partial charge in [-0.1, -0.05) is 30.0 Å². The Morgan fingerprint density at radius 3 is 2.55 bits per heavy atom. The molecule has 0 saturated heterocycles. The normalized spacial score (nSPS) is 23.2. The fraction of sp³-hybridized carbons (Fsp3) is 0.429. The summed E-state index contributed by atoms with van der Waals surface area (Å²) in [5.74, 6) is -0.587. The van der Waals surface area contributed by atoms with Crippen molar-refractivity contribution in [3.63, 3.8) is 0 Å². The van der Waals surface area contributed by atoms with E-state index in [1.54, 1.807) is 31.2 Å². The van der Waals surface area contributed by atoms with Gasteiger partial charge in [0.15, 0.2) is 9.91 Å². The lowest BCUT2D eigenvalue weighted by Gasteiger charge is -2.24. The Morgan fingerprint density at radius 1 is 1.36 bits per heavy atom. The van der Waals surface area contributed by atoms with Gasteiger partial charge in [0.2, 0.25) is 0 Å². The van der Waals surface area contributed by atoms with Gasteiger partial charge in [0, 0.05) is 5.56 Å². The van der Waals surface area contributed by atoms with Crippen molar-refractivity contribution in [3.8, 4) is 5.75 Å². The van der Waals surface area contributed by atoms with E-state index in [1.807, 2.05) is 0 Å². The first kappa shape index (κ1) is 16.7. The first-order chi connectivity index (χ1) is 10.2. The van der Waals surface area contributed by atoms with Crippen LogP contribution in [0.4, 0.5) is 13.2 Å². The van der Waals surface area contributed by atoms with Crippen molar-refractivity contribution < 1.29 is 22.7 Å². The van der Waals surface area contributed by atoms with E-state index in [-0.39, 0.29) is 11.2 Å². The van der Waals surface area contributed by atoms with Crippen LogP contribution in [0.1, 0.15) is 25.5 Å². The molecular formula is C14H15F3N2O2S. The molecule has 1 heterocycles. The summed E-state index contributed by atoms with van der Waals surface area (Å²) in [4.78, 5) is 15.1. The SMILES string of the molecule is COc1ccccc1[C@H](C)NC1=NC(=O)C(C)(C(F)(F)F)S1. The number of benzene rings is 1. The topological polar surface area (TPSA) is 50.7 Å². The van der Waals surface area contributed by atoms with Crippen molar-refractivity contribution in [2.75, 3.05) is 7.11 Å². The number of nitrogens with one attached hydrogen (secondary N) is 1. The maximum Gasteiger partial charge on any atom is 0.412 e. The number of alkyl halides is 3. The number of amidine groups is 1. The number of nitrogens with zero attached hydrogens (tertiary/aromatic N) is 1. The van der Waals surface area contributed by atoms with Crippen LogP contribution in [0.25, 0.3) is 0 Å². The molecule has 0 radical (unpaired) electrons. The molecule has 4 nitrogen and oxygen atoms in total. The Balaban J connectivity index is 2.16. The molecule has 22 heavy (non-hydrogen) atoms. The van der Waals surface area contributed by atoms with Gasteiger partial charge in [0.05, 0.1) is 13.2 Å². The van der Waals surface area contributed by atoms with Crippen molar-refractivity contribution in [2.24, 2.45) is 4.99 Å². The highest BCUT2D eigenvalue weighted by Gasteiger charge is 2.61. The molecule has 1 unspecified atom stereocenters. The molecule has 1 amide bonds. The third-order valence-corrected chi connectivity index (χ3v) is 4.62. The number of para-hydroxylation sites is 1. The Bertz CT molecular complexity index is 618. The van der Waals surface area contributed by atoms with Gasteiger partial charge in [-0.15, -0.1) is 0 Å².